The first kappa shape index (κ1) is 12.2. The smallest absolute Gasteiger partial charge is 0.136 e. The fourth-order valence-corrected chi connectivity index (χ4v) is 2.24. The monoisotopic (exact) mass is 232 g/mol. The van der Waals surface area contributed by atoms with Crippen molar-refractivity contribution in [2.45, 2.75) is 51.6 Å². The zero-order valence-corrected chi connectivity index (χ0v) is 10.4. The maximum atomic E-state index is 11.3. The number of ether oxygens (including phenoxy) is 1. The average molecular weight is 232 g/mol. The minimum absolute atomic E-state index is 0.287. The van der Waals surface area contributed by atoms with E-state index in [2.05, 4.69) is 0 Å². The number of carbonyl (C=O) groups excluding carboxylic acids is 1. The molecule has 1 aliphatic carbocycles. The van der Waals surface area contributed by atoms with Crippen LogP contribution in [-0.4, -0.2) is 11.9 Å². The predicted octanol–water partition coefficient (Wildman–Crippen LogP) is 3.53. The number of hydrogen-bond acceptors (Lipinski definition) is 2. The van der Waals surface area contributed by atoms with Crippen molar-refractivity contribution in [1.29, 1.82) is 0 Å². The molecule has 0 unspecified atom stereocenters. The van der Waals surface area contributed by atoms with Crippen LogP contribution >= 0.6 is 0 Å². The lowest BCUT2D eigenvalue weighted by Crippen LogP contribution is -2.10. The van der Waals surface area contributed by atoms with Gasteiger partial charge in [-0.15, -0.1) is 0 Å². The Kier molecular flexibility index (Phi) is 4.18. The van der Waals surface area contributed by atoms with Crippen molar-refractivity contribution in [2.24, 2.45) is 0 Å². The molecular formula is C15H20O2. The van der Waals surface area contributed by atoms with Gasteiger partial charge in [-0.05, 0) is 43.4 Å². The van der Waals surface area contributed by atoms with Crippen LogP contribution in [0.5, 0.6) is 5.75 Å². The standard InChI is InChI=1S/C15H20O2/c1-2-13(16)11-12-7-9-15(10-8-12)17-14-5-3-4-6-14/h7-10,14H,2-6,11H2,1H3. The van der Waals surface area contributed by atoms with Gasteiger partial charge in [0.15, 0.2) is 0 Å². The molecule has 0 N–H and O–H groups in total. The molecule has 2 nitrogen and oxygen atoms in total. The minimum atomic E-state index is 0.287. The molecule has 17 heavy (non-hydrogen) atoms. The molecule has 0 bridgehead atoms. The third-order valence-corrected chi connectivity index (χ3v) is 3.32. The molecule has 0 spiro atoms. The Morgan fingerprint density at radius 2 is 1.88 bits per heavy atom. The van der Waals surface area contributed by atoms with Crippen LogP contribution in [0.25, 0.3) is 0 Å². The number of benzene rings is 1. The number of carbonyl (C=O) groups is 1. The van der Waals surface area contributed by atoms with Crippen molar-refractivity contribution >= 4 is 5.78 Å². The van der Waals surface area contributed by atoms with E-state index in [1.165, 1.54) is 25.7 Å². The molecule has 2 heteroatoms. The molecular weight excluding hydrogens is 212 g/mol. The van der Waals surface area contributed by atoms with Crippen LogP contribution in [0.2, 0.25) is 0 Å². The van der Waals surface area contributed by atoms with Crippen LogP contribution in [0.4, 0.5) is 0 Å². The van der Waals surface area contributed by atoms with E-state index < -0.39 is 0 Å². The summed E-state index contributed by atoms with van der Waals surface area (Å²) in [5, 5.41) is 0. The quantitative estimate of drug-likeness (QED) is 0.776. The maximum absolute atomic E-state index is 11.3. The van der Waals surface area contributed by atoms with E-state index in [1.807, 2.05) is 31.2 Å². The lowest BCUT2D eigenvalue weighted by molar-refractivity contribution is -0.118. The van der Waals surface area contributed by atoms with Crippen molar-refractivity contribution in [1.82, 2.24) is 0 Å². The summed E-state index contributed by atoms with van der Waals surface area (Å²) in [7, 11) is 0. The normalized spacial score (nSPS) is 16.1. The highest BCUT2D eigenvalue weighted by molar-refractivity contribution is 5.80. The summed E-state index contributed by atoms with van der Waals surface area (Å²) in [5.74, 6) is 1.22. The van der Waals surface area contributed by atoms with Crippen molar-refractivity contribution in [3.63, 3.8) is 0 Å². The maximum Gasteiger partial charge on any atom is 0.136 e. The molecule has 1 aromatic rings. The van der Waals surface area contributed by atoms with E-state index in [0.29, 0.717) is 18.9 Å². The lowest BCUT2D eigenvalue weighted by Gasteiger charge is -2.13. The van der Waals surface area contributed by atoms with Crippen molar-refractivity contribution in [3.05, 3.63) is 29.8 Å². The molecule has 0 heterocycles. The SMILES string of the molecule is CCC(=O)Cc1ccc(OC2CCCC2)cc1. The van der Waals surface area contributed by atoms with Gasteiger partial charge in [-0.3, -0.25) is 4.79 Å². The summed E-state index contributed by atoms with van der Waals surface area (Å²) in [6, 6.07) is 7.96. The highest BCUT2D eigenvalue weighted by atomic mass is 16.5. The molecule has 2 rings (SSSR count). The fourth-order valence-electron chi connectivity index (χ4n) is 2.24. The second-order valence-electron chi connectivity index (χ2n) is 4.74. The Morgan fingerprint density at radius 3 is 2.47 bits per heavy atom. The van der Waals surface area contributed by atoms with Gasteiger partial charge in [0.1, 0.15) is 11.5 Å². The van der Waals surface area contributed by atoms with Gasteiger partial charge in [0.05, 0.1) is 6.10 Å². The van der Waals surface area contributed by atoms with E-state index in [0.717, 1.165) is 11.3 Å². The number of ketones is 1. The van der Waals surface area contributed by atoms with E-state index in [1.54, 1.807) is 0 Å². The number of hydrogen-bond donors (Lipinski definition) is 0. The van der Waals surface area contributed by atoms with E-state index in [9.17, 15) is 4.79 Å². The minimum Gasteiger partial charge on any atom is -0.490 e. The van der Waals surface area contributed by atoms with Gasteiger partial charge >= 0.3 is 0 Å². The van der Waals surface area contributed by atoms with Crippen LogP contribution in [-0.2, 0) is 11.2 Å². The summed E-state index contributed by atoms with van der Waals surface area (Å²) < 4.78 is 5.88. The highest BCUT2D eigenvalue weighted by Crippen LogP contribution is 2.24. The van der Waals surface area contributed by atoms with Crippen LogP contribution in [0.15, 0.2) is 24.3 Å². The molecule has 1 fully saturated rings. The van der Waals surface area contributed by atoms with E-state index >= 15 is 0 Å². The Morgan fingerprint density at radius 1 is 1.24 bits per heavy atom. The molecule has 0 aromatic heterocycles. The number of Topliss-reactive ketones (excluding diaryl/α,β-unsaturated/α-hetero) is 1. The molecule has 0 radical (unpaired) electrons. The zero-order chi connectivity index (χ0) is 12.1. The third kappa shape index (κ3) is 3.58. The van der Waals surface area contributed by atoms with Gasteiger partial charge < -0.3 is 4.74 Å². The summed E-state index contributed by atoms with van der Waals surface area (Å²) in [5.41, 5.74) is 1.08. The molecule has 1 saturated carbocycles. The first-order chi connectivity index (χ1) is 8.28. The van der Waals surface area contributed by atoms with Gasteiger partial charge in [0, 0.05) is 12.8 Å². The fraction of sp³-hybridized carbons (Fsp3) is 0.533. The largest absolute Gasteiger partial charge is 0.490 e. The predicted molar refractivity (Wildman–Crippen MR) is 68.3 cm³/mol. The Labute approximate surface area is 103 Å². The second-order valence-corrected chi connectivity index (χ2v) is 4.74. The highest BCUT2D eigenvalue weighted by Gasteiger charge is 2.16. The zero-order valence-electron chi connectivity index (χ0n) is 10.4. The summed E-state index contributed by atoms with van der Waals surface area (Å²) >= 11 is 0. The van der Waals surface area contributed by atoms with Crippen LogP contribution in [0.1, 0.15) is 44.6 Å². The van der Waals surface area contributed by atoms with Crippen molar-refractivity contribution in [2.75, 3.05) is 0 Å². The summed E-state index contributed by atoms with van der Waals surface area (Å²) in [6.07, 6.45) is 6.48. The van der Waals surface area contributed by atoms with Crippen LogP contribution in [0.3, 0.4) is 0 Å². The van der Waals surface area contributed by atoms with Gasteiger partial charge in [0.25, 0.3) is 0 Å². The molecule has 0 saturated heterocycles. The Balaban J connectivity index is 1.90. The van der Waals surface area contributed by atoms with Crippen LogP contribution < -0.4 is 4.74 Å². The van der Waals surface area contributed by atoms with Crippen molar-refractivity contribution < 1.29 is 9.53 Å². The third-order valence-electron chi connectivity index (χ3n) is 3.32. The number of rotatable bonds is 5. The van der Waals surface area contributed by atoms with Crippen LogP contribution in [0, 0.1) is 0 Å². The Bertz CT molecular complexity index is 361. The van der Waals surface area contributed by atoms with E-state index in [-0.39, 0.29) is 5.78 Å². The van der Waals surface area contributed by atoms with Gasteiger partial charge in [0.2, 0.25) is 0 Å². The van der Waals surface area contributed by atoms with Gasteiger partial charge in [-0.25, -0.2) is 0 Å². The molecule has 92 valence electrons. The van der Waals surface area contributed by atoms with Gasteiger partial charge in [-0.1, -0.05) is 19.1 Å². The van der Waals surface area contributed by atoms with Gasteiger partial charge in [-0.2, -0.15) is 0 Å². The molecule has 0 atom stereocenters. The second kappa shape index (κ2) is 5.85. The molecule has 1 aliphatic rings. The lowest BCUT2D eigenvalue weighted by atomic mass is 10.1. The topological polar surface area (TPSA) is 26.3 Å². The van der Waals surface area contributed by atoms with Crippen molar-refractivity contribution in [3.8, 4) is 5.75 Å². The first-order valence-electron chi connectivity index (χ1n) is 6.55. The summed E-state index contributed by atoms with van der Waals surface area (Å²) in [6.45, 7) is 1.90. The average Bonchev–Trinajstić information content (AvgIpc) is 2.84. The molecule has 0 amide bonds. The Hall–Kier alpha value is -1.31. The molecule has 1 aromatic carbocycles. The first-order valence-corrected chi connectivity index (χ1v) is 6.55. The molecule has 0 aliphatic heterocycles. The summed E-state index contributed by atoms with van der Waals surface area (Å²) in [4.78, 5) is 11.3. The van der Waals surface area contributed by atoms with E-state index in [4.69, 9.17) is 4.74 Å².